The molecule has 0 bridgehead atoms. The molecule has 0 aromatic carbocycles. The average Bonchev–Trinajstić information content (AvgIpc) is 2.21. The fourth-order valence-corrected chi connectivity index (χ4v) is 1.67. The third-order valence-corrected chi connectivity index (χ3v) is 2.70. The predicted molar refractivity (Wildman–Crippen MR) is 61.3 cm³/mol. The van der Waals surface area contributed by atoms with Crippen LogP contribution in [0.1, 0.15) is 65.2 Å². The Labute approximate surface area is 88.5 Å². The van der Waals surface area contributed by atoms with Gasteiger partial charge in [0.1, 0.15) is 0 Å². The zero-order valence-electron chi connectivity index (χ0n) is 9.72. The Morgan fingerprint density at radius 2 is 1.71 bits per heavy atom. The van der Waals surface area contributed by atoms with Crippen molar-refractivity contribution < 1.29 is 4.79 Å². The monoisotopic (exact) mass is 199 g/mol. The second-order valence-corrected chi connectivity index (χ2v) is 3.95. The minimum Gasteiger partial charge on any atom is -0.356 e. The molecule has 2 nitrogen and oxygen atoms in total. The zero-order valence-corrected chi connectivity index (χ0v) is 9.72. The first-order chi connectivity index (χ1) is 6.85. The van der Waals surface area contributed by atoms with E-state index in [-0.39, 0.29) is 0 Å². The van der Waals surface area contributed by atoms with Gasteiger partial charge in [0.05, 0.1) is 0 Å². The van der Waals surface area contributed by atoms with Gasteiger partial charge in [0.25, 0.3) is 0 Å². The normalized spacial score (nSPS) is 12.4. The molecule has 0 aliphatic rings. The van der Waals surface area contributed by atoms with Gasteiger partial charge in [0, 0.05) is 6.04 Å². The van der Waals surface area contributed by atoms with E-state index in [1.807, 2.05) is 0 Å². The number of unbranched alkanes of at least 4 members (excludes halogenated alkanes) is 5. The number of carbonyl (C=O) groups is 1. The van der Waals surface area contributed by atoms with Crippen LogP contribution in [0.25, 0.3) is 0 Å². The Morgan fingerprint density at radius 1 is 1.07 bits per heavy atom. The number of hydrogen-bond donors (Lipinski definition) is 1. The molecule has 0 rings (SSSR count). The van der Waals surface area contributed by atoms with E-state index in [1.54, 1.807) is 0 Å². The van der Waals surface area contributed by atoms with E-state index in [0.717, 1.165) is 19.3 Å². The molecule has 84 valence electrons. The van der Waals surface area contributed by atoms with Crippen LogP contribution in [0.15, 0.2) is 0 Å². The fraction of sp³-hybridized carbons (Fsp3) is 0.917. The van der Waals surface area contributed by atoms with Crippen molar-refractivity contribution in [3.05, 3.63) is 0 Å². The zero-order chi connectivity index (χ0) is 10.6. The molecular weight excluding hydrogens is 174 g/mol. The van der Waals surface area contributed by atoms with Gasteiger partial charge in [-0.2, -0.15) is 0 Å². The maximum absolute atomic E-state index is 10.2. The summed E-state index contributed by atoms with van der Waals surface area (Å²) in [5.41, 5.74) is 0. The van der Waals surface area contributed by atoms with E-state index in [9.17, 15) is 4.79 Å². The summed E-state index contributed by atoms with van der Waals surface area (Å²) in [4.78, 5) is 10.2. The molecule has 0 aliphatic heterocycles. The lowest BCUT2D eigenvalue weighted by Crippen LogP contribution is -2.26. The van der Waals surface area contributed by atoms with Crippen LogP contribution in [0.5, 0.6) is 0 Å². The minimum atomic E-state index is 0.402. The number of rotatable bonds is 10. The summed E-state index contributed by atoms with van der Waals surface area (Å²) in [6.07, 6.45) is 11.0. The van der Waals surface area contributed by atoms with Crippen molar-refractivity contribution in [3.63, 3.8) is 0 Å². The summed E-state index contributed by atoms with van der Waals surface area (Å²) in [5, 5.41) is 2.85. The predicted octanol–water partition coefficient (Wildman–Crippen LogP) is 3.26. The van der Waals surface area contributed by atoms with E-state index < -0.39 is 0 Å². The SMILES string of the molecule is CCCCCCCCC(CC)NC=O. The van der Waals surface area contributed by atoms with E-state index in [0.29, 0.717) is 6.04 Å². The Balaban J connectivity index is 3.19. The van der Waals surface area contributed by atoms with Gasteiger partial charge in [-0.1, -0.05) is 52.4 Å². The second-order valence-electron chi connectivity index (χ2n) is 3.95. The molecule has 0 spiro atoms. The minimum absolute atomic E-state index is 0.402. The molecule has 0 saturated heterocycles. The van der Waals surface area contributed by atoms with Crippen molar-refractivity contribution in [1.82, 2.24) is 5.32 Å². The Hall–Kier alpha value is -0.530. The highest BCUT2D eigenvalue weighted by Crippen LogP contribution is 2.09. The second kappa shape index (κ2) is 10.6. The van der Waals surface area contributed by atoms with E-state index in [4.69, 9.17) is 0 Å². The van der Waals surface area contributed by atoms with Gasteiger partial charge in [0.15, 0.2) is 0 Å². The molecule has 2 heteroatoms. The smallest absolute Gasteiger partial charge is 0.207 e. The standard InChI is InChI=1S/C12H25NO/c1-3-5-6-7-8-9-10-12(4-2)13-11-14/h11-12H,3-10H2,1-2H3,(H,13,14). The molecule has 0 saturated carbocycles. The third kappa shape index (κ3) is 8.09. The third-order valence-electron chi connectivity index (χ3n) is 2.70. The lowest BCUT2D eigenvalue weighted by atomic mass is 10.0. The van der Waals surface area contributed by atoms with Crippen molar-refractivity contribution in [2.45, 2.75) is 71.3 Å². The van der Waals surface area contributed by atoms with Crippen LogP contribution in [-0.4, -0.2) is 12.5 Å². The van der Waals surface area contributed by atoms with Gasteiger partial charge >= 0.3 is 0 Å². The molecule has 1 N–H and O–H groups in total. The Bertz CT molecular complexity index is 125. The molecule has 0 aliphatic carbocycles. The van der Waals surface area contributed by atoms with Crippen molar-refractivity contribution >= 4 is 6.41 Å². The molecule has 1 atom stereocenters. The molecule has 14 heavy (non-hydrogen) atoms. The molecule has 1 unspecified atom stereocenters. The Morgan fingerprint density at radius 3 is 2.29 bits per heavy atom. The van der Waals surface area contributed by atoms with Crippen LogP contribution in [-0.2, 0) is 4.79 Å². The van der Waals surface area contributed by atoms with Gasteiger partial charge in [-0.05, 0) is 12.8 Å². The maximum Gasteiger partial charge on any atom is 0.207 e. The van der Waals surface area contributed by atoms with Gasteiger partial charge in [-0.3, -0.25) is 4.79 Å². The van der Waals surface area contributed by atoms with Crippen LogP contribution >= 0.6 is 0 Å². The summed E-state index contributed by atoms with van der Waals surface area (Å²) in [6.45, 7) is 4.36. The highest BCUT2D eigenvalue weighted by Gasteiger charge is 2.02. The average molecular weight is 199 g/mol. The van der Waals surface area contributed by atoms with Crippen LogP contribution in [0, 0.1) is 0 Å². The molecule has 0 radical (unpaired) electrons. The molecule has 0 fully saturated rings. The quantitative estimate of drug-likeness (QED) is 0.424. The van der Waals surface area contributed by atoms with Crippen LogP contribution in [0.4, 0.5) is 0 Å². The number of nitrogens with one attached hydrogen (secondary N) is 1. The van der Waals surface area contributed by atoms with Crippen LogP contribution in [0.2, 0.25) is 0 Å². The summed E-state index contributed by atoms with van der Waals surface area (Å²) >= 11 is 0. The summed E-state index contributed by atoms with van der Waals surface area (Å²) in [5.74, 6) is 0. The number of amides is 1. The summed E-state index contributed by atoms with van der Waals surface area (Å²) < 4.78 is 0. The van der Waals surface area contributed by atoms with E-state index in [2.05, 4.69) is 19.2 Å². The van der Waals surface area contributed by atoms with Crippen LogP contribution < -0.4 is 5.32 Å². The highest BCUT2D eigenvalue weighted by molar-refractivity contribution is 5.46. The first kappa shape index (κ1) is 13.5. The fourth-order valence-electron chi connectivity index (χ4n) is 1.67. The number of hydrogen-bond acceptors (Lipinski definition) is 1. The maximum atomic E-state index is 10.2. The summed E-state index contributed by atoms with van der Waals surface area (Å²) in [6, 6.07) is 0.402. The lowest BCUT2D eigenvalue weighted by Gasteiger charge is -2.12. The van der Waals surface area contributed by atoms with Gasteiger partial charge < -0.3 is 5.32 Å². The Kier molecular flexibility index (Phi) is 10.2. The molecule has 0 heterocycles. The van der Waals surface area contributed by atoms with Gasteiger partial charge in [-0.25, -0.2) is 0 Å². The van der Waals surface area contributed by atoms with E-state index >= 15 is 0 Å². The van der Waals surface area contributed by atoms with Crippen molar-refractivity contribution in [1.29, 1.82) is 0 Å². The van der Waals surface area contributed by atoms with Gasteiger partial charge in [0.2, 0.25) is 6.41 Å². The molecule has 0 aromatic heterocycles. The van der Waals surface area contributed by atoms with Crippen LogP contribution in [0.3, 0.4) is 0 Å². The largest absolute Gasteiger partial charge is 0.356 e. The topological polar surface area (TPSA) is 29.1 Å². The van der Waals surface area contributed by atoms with Crippen molar-refractivity contribution in [2.24, 2.45) is 0 Å². The first-order valence-electron chi connectivity index (χ1n) is 6.04. The van der Waals surface area contributed by atoms with Crippen molar-refractivity contribution in [3.8, 4) is 0 Å². The number of carbonyl (C=O) groups excluding carboxylic acids is 1. The highest BCUT2D eigenvalue weighted by atomic mass is 16.1. The molecule has 0 aromatic rings. The lowest BCUT2D eigenvalue weighted by molar-refractivity contribution is -0.110. The molecule has 1 amide bonds. The van der Waals surface area contributed by atoms with Gasteiger partial charge in [-0.15, -0.1) is 0 Å². The molecular formula is C12H25NO. The first-order valence-corrected chi connectivity index (χ1v) is 6.04. The van der Waals surface area contributed by atoms with Crippen molar-refractivity contribution in [2.75, 3.05) is 0 Å². The summed E-state index contributed by atoms with van der Waals surface area (Å²) in [7, 11) is 0. The van der Waals surface area contributed by atoms with E-state index in [1.165, 1.54) is 38.5 Å².